The number of ether oxygens (including phenoxy) is 3. The smallest absolute Gasteiger partial charge is 0.311 e. The van der Waals surface area contributed by atoms with E-state index in [1.54, 1.807) is 38.5 Å². The number of carbonyl (C=O) groups is 1. The Bertz CT molecular complexity index is 711. The first kappa shape index (κ1) is 18.6. The predicted molar refractivity (Wildman–Crippen MR) is 95.9 cm³/mol. The van der Waals surface area contributed by atoms with Crippen molar-refractivity contribution in [3.8, 4) is 17.2 Å². The fraction of sp³-hybridized carbons (Fsp3) is 0.350. The Hall–Kier alpha value is -2.69. The number of carboxylic acids is 1. The van der Waals surface area contributed by atoms with E-state index in [1.807, 2.05) is 25.1 Å². The molecule has 0 fully saturated rings. The molecule has 0 aliphatic rings. The summed E-state index contributed by atoms with van der Waals surface area (Å²) < 4.78 is 16.4. The van der Waals surface area contributed by atoms with Crippen LogP contribution in [0.3, 0.4) is 0 Å². The van der Waals surface area contributed by atoms with Crippen molar-refractivity contribution < 1.29 is 24.1 Å². The van der Waals surface area contributed by atoms with E-state index < -0.39 is 11.9 Å². The lowest BCUT2D eigenvalue weighted by atomic mass is 9.91. The van der Waals surface area contributed by atoms with Crippen LogP contribution in [0.2, 0.25) is 0 Å². The van der Waals surface area contributed by atoms with E-state index >= 15 is 0 Å². The standard InChI is InChI=1S/C20H24O5/c1-4-11-25-19-15(8-6-10-18(19)24-3)13-17(20(21)22)14-7-5-9-16(12-14)23-2/h5-10,12,17H,4,11,13H2,1-3H3,(H,21,22). The average Bonchev–Trinajstić information content (AvgIpc) is 2.64. The Morgan fingerprint density at radius 3 is 2.52 bits per heavy atom. The van der Waals surface area contributed by atoms with E-state index in [9.17, 15) is 9.90 Å². The molecule has 1 atom stereocenters. The summed E-state index contributed by atoms with van der Waals surface area (Å²) >= 11 is 0. The summed E-state index contributed by atoms with van der Waals surface area (Å²) in [5.74, 6) is 0.266. The summed E-state index contributed by atoms with van der Waals surface area (Å²) in [5, 5.41) is 9.73. The van der Waals surface area contributed by atoms with Crippen LogP contribution in [0.4, 0.5) is 0 Å². The largest absolute Gasteiger partial charge is 0.497 e. The quantitative estimate of drug-likeness (QED) is 0.747. The van der Waals surface area contributed by atoms with Crippen molar-refractivity contribution in [3.05, 3.63) is 53.6 Å². The zero-order valence-electron chi connectivity index (χ0n) is 14.8. The number of methoxy groups -OCH3 is 2. The minimum atomic E-state index is -0.891. The van der Waals surface area contributed by atoms with Crippen LogP contribution in [-0.2, 0) is 11.2 Å². The molecule has 5 nitrogen and oxygen atoms in total. The average molecular weight is 344 g/mol. The number of hydrogen-bond acceptors (Lipinski definition) is 4. The first-order chi connectivity index (χ1) is 12.1. The maximum absolute atomic E-state index is 11.9. The van der Waals surface area contributed by atoms with Crippen LogP contribution in [-0.4, -0.2) is 31.9 Å². The molecule has 0 amide bonds. The second-order valence-electron chi connectivity index (χ2n) is 5.67. The second-order valence-corrected chi connectivity index (χ2v) is 5.67. The number of rotatable bonds is 9. The van der Waals surface area contributed by atoms with Crippen molar-refractivity contribution in [1.82, 2.24) is 0 Å². The molecule has 0 aliphatic heterocycles. The van der Waals surface area contributed by atoms with Gasteiger partial charge in [-0.3, -0.25) is 4.79 Å². The topological polar surface area (TPSA) is 65.0 Å². The Labute approximate surface area is 148 Å². The van der Waals surface area contributed by atoms with Crippen LogP contribution >= 0.6 is 0 Å². The maximum Gasteiger partial charge on any atom is 0.311 e. The monoisotopic (exact) mass is 344 g/mol. The fourth-order valence-corrected chi connectivity index (χ4v) is 2.68. The van der Waals surface area contributed by atoms with Crippen molar-refractivity contribution in [2.75, 3.05) is 20.8 Å². The molecular formula is C20H24O5. The Morgan fingerprint density at radius 2 is 1.88 bits per heavy atom. The van der Waals surface area contributed by atoms with Gasteiger partial charge in [0.2, 0.25) is 0 Å². The van der Waals surface area contributed by atoms with E-state index in [1.165, 1.54) is 0 Å². The fourth-order valence-electron chi connectivity index (χ4n) is 2.68. The highest BCUT2D eigenvalue weighted by Crippen LogP contribution is 2.35. The van der Waals surface area contributed by atoms with Crippen molar-refractivity contribution in [2.45, 2.75) is 25.7 Å². The van der Waals surface area contributed by atoms with E-state index in [0.717, 1.165) is 12.0 Å². The van der Waals surface area contributed by atoms with Gasteiger partial charge >= 0.3 is 5.97 Å². The molecule has 0 saturated carbocycles. The van der Waals surface area contributed by atoms with Crippen LogP contribution in [0.25, 0.3) is 0 Å². The van der Waals surface area contributed by atoms with E-state index in [2.05, 4.69) is 0 Å². The minimum absolute atomic E-state index is 0.304. The number of para-hydroxylation sites is 1. The summed E-state index contributed by atoms with van der Waals surface area (Å²) in [4.78, 5) is 11.9. The molecule has 0 aliphatic carbocycles. The Morgan fingerprint density at radius 1 is 1.12 bits per heavy atom. The molecule has 134 valence electrons. The summed E-state index contributed by atoms with van der Waals surface area (Å²) in [6.07, 6.45) is 1.16. The Kier molecular flexibility index (Phi) is 6.69. The third kappa shape index (κ3) is 4.66. The summed E-state index contributed by atoms with van der Waals surface area (Å²) in [5.41, 5.74) is 1.50. The third-order valence-electron chi connectivity index (χ3n) is 3.95. The van der Waals surface area contributed by atoms with Crippen molar-refractivity contribution in [3.63, 3.8) is 0 Å². The zero-order chi connectivity index (χ0) is 18.2. The van der Waals surface area contributed by atoms with Crippen LogP contribution in [0.1, 0.15) is 30.4 Å². The van der Waals surface area contributed by atoms with Gasteiger partial charge in [-0.15, -0.1) is 0 Å². The molecule has 1 N–H and O–H groups in total. The molecule has 25 heavy (non-hydrogen) atoms. The maximum atomic E-state index is 11.9. The minimum Gasteiger partial charge on any atom is -0.497 e. The van der Waals surface area contributed by atoms with Gasteiger partial charge in [-0.25, -0.2) is 0 Å². The SMILES string of the molecule is CCCOc1c(CC(C(=O)O)c2cccc(OC)c2)cccc1OC. The second kappa shape index (κ2) is 8.97. The van der Waals surface area contributed by atoms with Gasteiger partial charge in [-0.05, 0) is 42.2 Å². The molecule has 0 bridgehead atoms. The highest BCUT2D eigenvalue weighted by molar-refractivity contribution is 5.77. The van der Waals surface area contributed by atoms with E-state index in [4.69, 9.17) is 14.2 Å². The predicted octanol–water partition coefficient (Wildman–Crippen LogP) is 3.90. The van der Waals surface area contributed by atoms with Gasteiger partial charge in [-0.1, -0.05) is 31.2 Å². The van der Waals surface area contributed by atoms with Crippen LogP contribution in [0, 0.1) is 0 Å². The molecule has 0 saturated heterocycles. The number of benzene rings is 2. The molecule has 0 spiro atoms. The first-order valence-electron chi connectivity index (χ1n) is 8.26. The molecular weight excluding hydrogens is 320 g/mol. The van der Waals surface area contributed by atoms with Gasteiger partial charge < -0.3 is 19.3 Å². The van der Waals surface area contributed by atoms with Crippen molar-refractivity contribution in [1.29, 1.82) is 0 Å². The van der Waals surface area contributed by atoms with Crippen LogP contribution < -0.4 is 14.2 Å². The molecule has 2 rings (SSSR count). The van der Waals surface area contributed by atoms with Gasteiger partial charge in [0.25, 0.3) is 0 Å². The lowest BCUT2D eigenvalue weighted by Crippen LogP contribution is -2.15. The summed E-state index contributed by atoms with van der Waals surface area (Å²) in [7, 11) is 3.14. The highest BCUT2D eigenvalue weighted by Gasteiger charge is 2.23. The van der Waals surface area contributed by atoms with Crippen molar-refractivity contribution >= 4 is 5.97 Å². The summed E-state index contributed by atoms with van der Waals surface area (Å²) in [6.45, 7) is 2.57. The molecule has 0 aromatic heterocycles. The van der Waals surface area contributed by atoms with Crippen molar-refractivity contribution in [2.24, 2.45) is 0 Å². The number of carboxylic acid groups (broad SMARTS) is 1. The molecule has 2 aromatic rings. The van der Waals surface area contributed by atoms with Gasteiger partial charge in [0, 0.05) is 0 Å². The molecule has 1 unspecified atom stereocenters. The third-order valence-corrected chi connectivity index (χ3v) is 3.95. The lowest BCUT2D eigenvalue weighted by molar-refractivity contribution is -0.138. The van der Waals surface area contributed by atoms with E-state index in [0.29, 0.717) is 35.8 Å². The molecule has 0 radical (unpaired) electrons. The van der Waals surface area contributed by atoms with E-state index in [-0.39, 0.29) is 0 Å². The normalized spacial score (nSPS) is 11.6. The zero-order valence-corrected chi connectivity index (χ0v) is 14.8. The lowest BCUT2D eigenvalue weighted by Gasteiger charge is -2.18. The highest BCUT2D eigenvalue weighted by atomic mass is 16.5. The van der Waals surface area contributed by atoms with Crippen LogP contribution in [0.5, 0.6) is 17.2 Å². The molecule has 2 aromatic carbocycles. The van der Waals surface area contributed by atoms with Crippen LogP contribution in [0.15, 0.2) is 42.5 Å². The Balaban J connectivity index is 2.37. The van der Waals surface area contributed by atoms with Gasteiger partial charge in [0.1, 0.15) is 5.75 Å². The number of hydrogen-bond donors (Lipinski definition) is 1. The molecule has 0 heterocycles. The van der Waals surface area contributed by atoms with Gasteiger partial charge in [-0.2, -0.15) is 0 Å². The van der Waals surface area contributed by atoms with Gasteiger partial charge in [0.05, 0.1) is 26.7 Å². The summed E-state index contributed by atoms with van der Waals surface area (Å²) in [6, 6.07) is 12.7. The molecule has 5 heteroatoms. The van der Waals surface area contributed by atoms with Gasteiger partial charge in [0.15, 0.2) is 11.5 Å². The number of aliphatic carboxylic acids is 1. The first-order valence-corrected chi connectivity index (χ1v) is 8.26.